The largest absolute Gasteiger partial charge is 0.370 e. The first-order valence-corrected chi connectivity index (χ1v) is 7.27. The van der Waals surface area contributed by atoms with Crippen LogP contribution in [-0.2, 0) is 0 Å². The Morgan fingerprint density at radius 2 is 2.22 bits per heavy atom. The third-order valence-corrected chi connectivity index (χ3v) is 3.72. The zero-order valence-electron chi connectivity index (χ0n) is 11.4. The van der Waals surface area contributed by atoms with E-state index in [9.17, 15) is 4.79 Å². The van der Waals surface area contributed by atoms with E-state index in [0.29, 0.717) is 10.8 Å². The minimum atomic E-state index is -0.0231. The van der Waals surface area contributed by atoms with E-state index in [1.807, 2.05) is 17.8 Å². The molecule has 1 aromatic heterocycles. The molecule has 1 N–H and O–H groups in total. The van der Waals surface area contributed by atoms with E-state index in [1.165, 1.54) is 0 Å². The zero-order valence-corrected chi connectivity index (χ0v) is 12.3. The van der Waals surface area contributed by atoms with Gasteiger partial charge < -0.3 is 10.2 Å². The number of rotatable bonds is 6. The summed E-state index contributed by atoms with van der Waals surface area (Å²) in [5.74, 6) is 0.795. The van der Waals surface area contributed by atoms with Crippen LogP contribution in [0.25, 0.3) is 0 Å². The number of nitrogens with zero attached hydrogens (tertiary/aromatic N) is 2. The normalized spacial score (nSPS) is 12.0. The summed E-state index contributed by atoms with van der Waals surface area (Å²) in [6.07, 6.45) is 4.83. The molecule has 1 unspecified atom stereocenters. The molecule has 1 atom stereocenters. The molecule has 0 aliphatic carbocycles. The van der Waals surface area contributed by atoms with E-state index >= 15 is 0 Å². The number of pyridine rings is 1. The van der Waals surface area contributed by atoms with Gasteiger partial charge in [0.2, 0.25) is 0 Å². The molecule has 0 aliphatic heterocycles. The van der Waals surface area contributed by atoms with Gasteiger partial charge in [-0.15, -0.1) is 0 Å². The van der Waals surface area contributed by atoms with Gasteiger partial charge >= 0.3 is 0 Å². The second-order valence-corrected chi connectivity index (χ2v) is 5.67. The van der Waals surface area contributed by atoms with E-state index in [1.54, 1.807) is 31.3 Å². The minimum Gasteiger partial charge on any atom is -0.370 e. The highest BCUT2D eigenvalue weighted by atomic mass is 32.2. The Labute approximate surface area is 113 Å². The first kappa shape index (κ1) is 14.8. The van der Waals surface area contributed by atoms with Crippen LogP contribution >= 0.6 is 11.8 Å². The molecule has 0 spiro atoms. The standard InChI is InChI=1S/C13H21N3OS/c1-10(18-4)7-8-14-12-6-5-11(9-15-12)13(17)16(2)3/h5-6,9-10H,7-8H2,1-4H3,(H,14,15). The number of hydrogen-bond donors (Lipinski definition) is 1. The Kier molecular flexibility index (Phi) is 5.98. The first-order valence-electron chi connectivity index (χ1n) is 5.99. The summed E-state index contributed by atoms with van der Waals surface area (Å²) in [5, 5.41) is 3.90. The fourth-order valence-corrected chi connectivity index (χ4v) is 1.76. The number of carbonyl (C=O) groups is 1. The van der Waals surface area contributed by atoms with Crippen molar-refractivity contribution in [1.82, 2.24) is 9.88 Å². The second kappa shape index (κ2) is 7.26. The highest BCUT2D eigenvalue weighted by Gasteiger charge is 2.07. The van der Waals surface area contributed by atoms with Crippen LogP contribution in [0.5, 0.6) is 0 Å². The van der Waals surface area contributed by atoms with Crippen molar-refractivity contribution < 1.29 is 4.79 Å². The first-order chi connectivity index (χ1) is 8.54. The molecule has 0 bridgehead atoms. The number of nitrogens with one attached hydrogen (secondary N) is 1. The maximum atomic E-state index is 11.7. The van der Waals surface area contributed by atoms with Crippen LogP contribution in [0.15, 0.2) is 18.3 Å². The Bertz CT molecular complexity index is 378. The van der Waals surface area contributed by atoms with Gasteiger partial charge in [0, 0.05) is 32.1 Å². The molecule has 0 fully saturated rings. The second-order valence-electron chi connectivity index (χ2n) is 4.39. The molecule has 1 rings (SSSR count). The molecular formula is C13H21N3OS. The number of thioether (sulfide) groups is 1. The van der Waals surface area contributed by atoms with E-state index < -0.39 is 0 Å². The third kappa shape index (κ3) is 4.56. The highest BCUT2D eigenvalue weighted by Crippen LogP contribution is 2.11. The summed E-state index contributed by atoms with van der Waals surface area (Å²) < 4.78 is 0. The molecule has 0 saturated carbocycles. The van der Waals surface area contributed by atoms with Gasteiger partial charge in [-0.25, -0.2) is 4.98 Å². The summed E-state index contributed by atoms with van der Waals surface area (Å²) in [4.78, 5) is 17.4. The lowest BCUT2D eigenvalue weighted by Crippen LogP contribution is -2.21. The Hall–Kier alpha value is -1.23. The molecule has 18 heavy (non-hydrogen) atoms. The lowest BCUT2D eigenvalue weighted by molar-refractivity contribution is 0.0827. The predicted molar refractivity (Wildman–Crippen MR) is 78.3 cm³/mol. The molecule has 0 aliphatic rings. The van der Waals surface area contributed by atoms with Crippen molar-refractivity contribution in [2.75, 3.05) is 32.2 Å². The average molecular weight is 267 g/mol. The van der Waals surface area contributed by atoms with Gasteiger partial charge in [-0.3, -0.25) is 4.79 Å². The zero-order chi connectivity index (χ0) is 13.5. The molecule has 0 aromatic carbocycles. The average Bonchev–Trinajstić information content (AvgIpc) is 2.38. The maximum absolute atomic E-state index is 11.7. The van der Waals surface area contributed by atoms with Crippen molar-refractivity contribution >= 4 is 23.5 Å². The van der Waals surface area contributed by atoms with Crippen LogP contribution in [0.4, 0.5) is 5.82 Å². The van der Waals surface area contributed by atoms with Gasteiger partial charge in [0.05, 0.1) is 5.56 Å². The number of aromatic nitrogens is 1. The SMILES string of the molecule is CSC(C)CCNc1ccc(C(=O)N(C)C)cn1. The molecule has 0 saturated heterocycles. The monoisotopic (exact) mass is 267 g/mol. The van der Waals surface area contributed by atoms with E-state index in [4.69, 9.17) is 0 Å². The van der Waals surface area contributed by atoms with Crippen LogP contribution < -0.4 is 5.32 Å². The fourth-order valence-electron chi connectivity index (χ4n) is 1.40. The summed E-state index contributed by atoms with van der Waals surface area (Å²) in [7, 11) is 3.47. The van der Waals surface area contributed by atoms with Crippen molar-refractivity contribution in [2.45, 2.75) is 18.6 Å². The minimum absolute atomic E-state index is 0.0231. The quantitative estimate of drug-likeness (QED) is 0.859. The van der Waals surface area contributed by atoms with Gasteiger partial charge in [-0.1, -0.05) is 6.92 Å². The van der Waals surface area contributed by atoms with E-state index in [-0.39, 0.29) is 5.91 Å². The fraction of sp³-hybridized carbons (Fsp3) is 0.538. The van der Waals surface area contributed by atoms with Gasteiger partial charge in [-0.2, -0.15) is 11.8 Å². The molecule has 5 heteroatoms. The van der Waals surface area contributed by atoms with Crippen molar-refractivity contribution in [3.05, 3.63) is 23.9 Å². The van der Waals surface area contributed by atoms with E-state index in [0.717, 1.165) is 18.8 Å². The smallest absolute Gasteiger partial charge is 0.254 e. The van der Waals surface area contributed by atoms with Crippen molar-refractivity contribution in [3.63, 3.8) is 0 Å². The molecule has 1 amide bonds. The van der Waals surface area contributed by atoms with Gasteiger partial charge in [-0.05, 0) is 24.8 Å². The number of amides is 1. The van der Waals surface area contributed by atoms with Crippen LogP contribution in [0.3, 0.4) is 0 Å². The summed E-state index contributed by atoms with van der Waals surface area (Å²) >= 11 is 1.86. The molecule has 1 heterocycles. The van der Waals surface area contributed by atoms with Gasteiger partial charge in [0.15, 0.2) is 0 Å². The molecule has 100 valence electrons. The molecular weight excluding hydrogens is 246 g/mol. The summed E-state index contributed by atoms with van der Waals surface area (Å²) in [6, 6.07) is 3.65. The predicted octanol–water partition coefficient (Wildman–Crippen LogP) is 2.34. The topological polar surface area (TPSA) is 45.2 Å². The molecule has 1 aromatic rings. The lowest BCUT2D eigenvalue weighted by atomic mass is 10.2. The van der Waals surface area contributed by atoms with Crippen LogP contribution in [-0.4, -0.2) is 47.9 Å². The van der Waals surface area contributed by atoms with E-state index in [2.05, 4.69) is 23.5 Å². The molecule has 4 nitrogen and oxygen atoms in total. The number of carbonyl (C=O) groups excluding carboxylic acids is 1. The maximum Gasteiger partial charge on any atom is 0.254 e. The van der Waals surface area contributed by atoms with Crippen molar-refractivity contribution in [1.29, 1.82) is 0 Å². The lowest BCUT2D eigenvalue weighted by Gasteiger charge is -2.11. The highest BCUT2D eigenvalue weighted by molar-refractivity contribution is 7.99. The Morgan fingerprint density at radius 1 is 1.50 bits per heavy atom. The Balaban J connectivity index is 2.48. The molecule has 0 radical (unpaired) electrons. The summed E-state index contributed by atoms with van der Waals surface area (Å²) in [5.41, 5.74) is 0.614. The number of anilines is 1. The van der Waals surface area contributed by atoms with Crippen LogP contribution in [0.2, 0.25) is 0 Å². The number of hydrogen-bond acceptors (Lipinski definition) is 4. The van der Waals surface area contributed by atoms with Crippen molar-refractivity contribution in [3.8, 4) is 0 Å². The third-order valence-electron chi connectivity index (χ3n) is 2.68. The summed E-state index contributed by atoms with van der Waals surface area (Å²) in [6.45, 7) is 3.11. The van der Waals surface area contributed by atoms with Crippen LogP contribution in [0.1, 0.15) is 23.7 Å². The van der Waals surface area contributed by atoms with Crippen molar-refractivity contribution in [2.24, 2.45) is 0 Å². The van der Waals surface area contributed by atoms with Gasteiger partial charge in [0.25, 0.3) is 5.91 Å². The Morgan fingerprint density at radius 3 is 2.72 bits per heavy atom. The van der Waals surface area contributed by atoms with Crippen LogP contribution in [0, 0.1) is 0 Å². The van der Waals surface area contributed by atoms with Gasteiger partial charge in [0.1, 0.15) is 5.82 Å².